The van der Waals surface area contributed by atoms with Gasteiger partial charge >= 0.3 is 0 Å². The van der Waals surface area contributed by atoms with E-state index in [2.05, 4.69) is 0 Å². The van der Waals surface area contributed by atoms with Crippen LogP contribution in [-0.4, -0.2) is 48.1 Å². The van der Waals surface area contributed by atoms with Gasteiger partial charge < -0.3 is 9.64 Å². The second kappa shape index (κ2) is 6.50. The molecule has 2 aliphatic rings. The van der Waals surface area contributed by atoms with Gasteiger partial charge in [-0.05, 0) is 32.1 Å². The van der Waals surface area contributed by atoms with Crippen molar-refractivity contribution < 1.29 is 9.53 Å². The summed E-state index contributed by atoms with van der Waals surface area (Å²) in [5.74, 6) is 1.01. The molecule has 0 aliphatic carbocycles. The van der Waals surface area contributed by atoms with Crippen LogP contribution in [0.3, 0.4) is 0 Å². The molecule has 0 radical (unpaired) electrons. The van der Waals surface area contributed by atoms with Crippen LogP contribution in [0.4, 0.5) is 0 Å². The first-order valence-corrected chi connectivity index (χ1v) is 7.38. The summed E-state index contributed by atoms with van der Waals surface area (Å²) in [7, 11) is 0. The molecule has 2 heterocycles. The zero-order valence-electron chi connectivity index (χ0n) is 9.82. The second-order valence-corrected chi connectivity index (χ2v) is 5.85. The number of carbonyl (C=O) groups is 1. The Bertz CT molecular complexity index is 223. The predicted molar refractivity (Wildman–Crippen MR) is 66.7 cm³/mol. The fraction of sp³-hybridized carbons (Fsp3) is 0.917. The van der Waals surface area contributed by atoms with Gasteiger partial charge in [0.15, 0.2) is 0 Å². The topological polar surface area (TPSA) is 29.5 Å². The Hall–Kier alpha value is -0.220. The molecule has 4 heteroatoms. The number of carbonyl (C=O) groups excluding carboxylic acids is 1. The monoisotopic (exact) mass is 243 g/mol. The fourth-order valence-electron chi connectivity index (χ4n) is 2.27. The highest BCUT2D eigenvalue weighted by Crippen LogP contribution is 2.22. The van der Waals surface area contributed by atoms with Gasteiger partial charge in [0.25, 0.3) is 0 Å². The van der Waals surface area contributed by atoms with Crippen molar-refractivity contribution in [2.75, 3.05) is 32.1 Å². The number of nitrogens with zero attached hydrogens (tertiary/aromatic N) is 1. The summed E-state index contributed by atoms with van der Waals surface area (Å²) < 4.78 is 5.31. The molecule has 0 bridgehead atoms. The van der Waals surface area contributed by atoms with Gasteiger partial charge in [0, 0.05) is 31.6 Å². The lowest BCUT2D eigenvalue weighted by molar-refractivity contribution is -0.129. The minimum absolute atomic E-state index is 0.344. The number of ether oxygens (including phenoxy) is 1. The maximum absolute atomic E-state index is 11.9. The first kappa shape index (κ1) is 12.2. The summed E-state index contributed by atoms with van der Waals surface area (Å²) in [6.07, 6.45) is 5.88. The van der Waals surface area contributed by atoms with Gasteiger partial charge in [-0.3, -0.25) is 4.79 Å². The van der Waals surface area contributed by atoms with Crippen molar-refractivity contribution in [3.05, 3.63) is 0 Å². The van der Waals surface area contributed by atoms with Crippen molar-refractivity contribution in [2.24, 2.45) is 0 Å². The highest BCUT2D eigenvalue weighted by atomic mass is 32.2. The molecule has 0 aromatic heterocycles. The number of likely N-dealkylation sites (tertiary alicyclic amines) is 1. The molecule has 0 aromatic carbocycles. The summed E-state index contributed by atoms with van der Waals surface area (Å²) in [6, 6.07) is 0. The van der Waals surface area contributed by atoms with Crippen molar-refractivity contribution in [3.63, 3.8) is 0 Å². The summed E-state index contributed by atoms with van der Waals surface area (Å²) in [6.45, 7) is 3.70. The lowest BCUT2D eigenvalue weighted by atomic mass is 10.1. The van der Waals surface area contributed by atoms with Crippen LogP contribution in [0.1, 0.15) is 32.1 Å². The molecule has 0 unspecified atom stereocenters. The SMILES string of the molecule is O=C(CSC1CCOCC1)N1CCCCC1. The first-order chi connectivity index (χ1) is 7.86. The van der Waals surface area contributed by atoms with Gasteiger partial charge in [0.05, 0.1) is 5.75 Å². The van der Waals surface area contributed by atoms with Crippen molar-refractivity contribution in [2.45, 2.75) is 37.4 Å². The molecule has 3 nitrogen and oxygen atoms in total. The Balaban J connectivity index is 1.65. The normalized spacial score (nSPS) is 23.4. The third-order valence-electron chi connectivity index (χ3n) is 3.32. The maximum atomic E-state index is 11.9. The lowest BCUT2D eigenvalue weighted by Crippen LogP contribution is -2.37. The minimum Gasteiger partial charge on any atom is -0.381 e. The Morgan fingerprint density at radius 1 is 1.19 bits per heavy atom. The molecule has 0 atom stereocenters. The third kappa shape index (κ3) is 3.67. The summed E-state index contributed by atoms with van der Waals surface area (Å²) >= 11 is 1.83. The zero-order chi connectivity index (χ0) is 11.2. The van der Waals surface area contributed by atoms with Gasteiger partial charge in [-0.15, -0.1) is 11.8 Å². The van der Waals surface area contributed by atoms with Crippen LogP contribution in [0.15, 0.2) is 0 Å². The average molecular weight is 243 g/mol. The Labute approximate surface area is 102 Å². The fourth-order valence-corrected chi connectivity index (χ4v) is 3.35. The van der Waals surface area contributed by atoms with Gasteiger partial charge in [-0.25, -0.2) is 0 Å². The number of amides is 1. The number of hydrogen-bond donors (Lipinski definition) is 0. The van der Waals surface area contributed by atoms with E-state index < -0.39 is 0 Å². The van der Waals surface area contributed by atoms with Crippen molar-refractivity contribution >= 4 is 17.7 Å². The van der Waals surface area contributed by atoms with Crippen LogP contribution < -0.4 is 0 Å². The van der Waals surface area contributed by atoms with Crippen LogP contribution in [0.2, 0.25) is 0 Å². The minimum atomic E-state index is 0.344. The van der Waals surface area contributed by atoms with Crippen molar-refractivity contribution in [1.82, 2.24) is 4.90 Å². The number of thioether (sulfide) groups is 1. The molecule has 92 valence electrons. The molecule has 0 saturated carbocycles. The molecule has 0 spiro atoms. The molecule has 16 heavy (non-hydrogen) atoms. The molecular formula is C12H21NO2S. The van der Waals surface area contributed by atoms with Crippen LogP contribution in [0.5, 0.6) is 0 Å². The number of rotatable bonds is 3. The Morgan fingerprint density at radius 2 is 1.88 bits per heavy atom. The Kier molecular flexibility index (Phi) is 4.97. The van der Waals surface area contributed by atoms with E-state index in [1.54, 1.807) is 0 Å². The predicted octanol–water partition coefficient (Wildman–Crippen LogP) is 1.91. The van der Waals surface area contributed by atoms with Gasteiger partial charge in [-0.2, -0.15) is 0 Å². The van der Waals surface area contributed by atoms with E-state index in [0.717, 1.165) is 39.1 Å². The third-order valence-corrected chi connectivity index (χ3v) is 4.68. The Morgan fingerprint density at radius 3 is 2.56 bits per heavy atom. The van der Waals surface area contributed by atoms with Crippen LogP contribution in [0, 0.1) is 0 Å². The maximum Gasteiger partial charge on any atom is 0.232 e. The first-order valence-electron chi connectivity index (χ1n) is 6.33. The van der Waals surface area contributed by atoms with Gasteiger partial charge in [0.2, 0.25) is 5.91 Å². The number of piperidine rings is 1. The summed E-state index contributed by atoms with van der Waals surface area (Å²) in [4.78, 5) is 14.0. The lowest BCUT2D eigenvalue weighted by Gasteiger charge is -2.28. The standard InChI is InChI=1S/C12H21NO2S/c14-12(13-6-2-1-3-7-13)10-16-11-4-8-15-9-5-11/h11H,1-10H2. The van der Waals surface area contributed by atoms with Crippen molar-refractivity contribution in [3.8, 4) is 0 Å². The van der Waals surface area contributed by atoms with E-state index in [4.69, 9.17) is 4.74 Å². The van der Waals surface area contributed by atoms with E-state index in [-0.39, 0.29) is 0 Å². The molecule has 0 N–H and O–H groups in total. The van der Waals surface area contributed by atoms with E-state index in [1.165, 1.54) is 19.3 Å². The smallest absolute Gasteiger partial charge is 0.232 e. The van der Waals surface area contributed by atoms with Crippen LogP contribution >= 0.6 is 11.8 Å². The molecule has 2 saturated heterocycles. The number of hydrogen-bond acceptors (Lipinski definition) is 3. The van der Waals surface area contributed by atoms with Gasteiger partial charge in [0.1, 0.15) is 0 Å². The van der Waals surface area contributed by atoms with Crippen LogP contribution in [0.25, 0.3) is 0 Å². The molecule has 2 aliphatic heterocycles. The van der Waals surface area contributed by atoms with E-state index in [0.29, 0.717) is 16.9 Å². The molecule has 1 amide bonds. The quantitative estimate of drug-likeness (QED) is 0.758. The molecule has 2 rings (SSSR count). The van der Waals surface area contributed by atoms with Crippen molar-refractivity contribution in [1.29, 1.82) is 0 Å². The highest BCUT2D eigenvalue weighted by molar-refractivity contribution is 8.00. The second-order valence-electron chi connectivity index (χ2n) is 4.56. The summed E-state index contributed by atoms with van der Waals surface area (Å²) in [5.41, 5.74) is 0. The van der Waals surface area contributed by atoms with Gasteiger partial charge in [-0.1, -0.05) is 0 Å². The van der Waals surface area contributed by atoms with Crippen LogP contribution in [-0.2, 0) is 9.53 Å². The molecule has 2 fully saturated rings. The van der Waals surface area contributed by atoms with E-state index in [9.17, 15) is 4.79 Å². The molecular weight excluding hydrogens is 222 g/mol. The summed E-state index contributed by atoms with van der Waals surface area (Å²) in [5, 5.41) is 0.641. The van der Waals surface area contributed by atoms with E-state index >= 15 is 0 Å². The largest absolute Gasteiger partial charge is 0.381 e. The zero-order valence-corrected chi connectivity index (χ0v) is 10.6. The molecule has 0 aromatic rings. The van der Waals surface area contributed by atoms with E-state index in [1.807, 2.05) is 16.7 Å². The highest BCUT2D eigenvalue weighted by Gasteiger charge is 2.19. The average Bonchev–Trinajstić information content (AvgIpc) is 2.38.